The summed E-state index contributed by atoms with van der Waals surface area (Å²) in [6.07, 6.45) is 2.39. The predicted octanol–water partition coefficient (Wildman–Crippen LogP) is 2.99. The molecule has 0 bridgehead atoms. The molecule has 0 heterocycles. The number of hydrogen-bond donors (Lipinski definition) is 2. The number of hydrogen-bond acceptors (Lipinski definition) is 3. The fourth-order valence-corrected chi connectivity index (χ4v) is 2.19. The number of aliphatic hydroxyl groups is 2. The van der Waals surface area contributed by atoms with Crippen LogP contribution in [0.5, 0.6) is 0 Å². The van der Waals surface area contributed by atoms with Crippen LogP contribution in [0.15, 0.2) is 18.2 Å². The van der Waals surface area contributed by atoms with Gasteiger partial charge < -0.3 is 15.1 Å². The van der Waals surface area contributed by atoms with Crippen LogP contribution in [0.25, 0.3) is 0 Å². The van der Waals surface area contributed by atoms with Gasteiger partial charge in [0.2, 0.25) is 0 Å². The topological polar surface area (TPSA) is 43.7 Å². The van der Waals surface area contributed by atoms with Gasteiger partial charge in [-0.25, -0.2) is 0 Å². The Balaban J connectivity index is 2.58. The number of benzene rings is 1. The van der Waals surface area contributed by atoms with Crippen molar-refractivity contribution in [3.05, 3.63) is 28.8 Å². The highest BCUT2D eigenvalue weighted by Crippen LogP contribution is 2.27. The molecule has 1 rings (SSSR count). The third-order valence-corrected chi connectivity index (χ3v) is 3.35. The van der Waals surface area contributed by atoms with Crippen LogP contribution in [0.3, 0.4) is 0 Å². The first-order valence-corrected chi connectivity index (χ1v) is 6.73. The number of rotatable bonds is 7. The van der Waals surface area contributed by atoms with E-state index in [2.05, 4.69) is 4.90 Å². The lowest BCUT2D eigenvalue weighted by atomic mass is 10.1. The van der Waals surface area contributed by atoms with Gasteiger partial charge in [0.05, 0.1) is 6.10 Å². The van der Waals surface area contributed by atoms with Crippen molar-refractivity contribution in [2.24, 2.45) is 0 Å². The fraction of sp³-hybridized carbons (Fsp3) is 0.571. The molecule has 0 radical (unpaired) electrons. The maximum atomic E-state index is 9.51. The van der Waals surface area contributed by atoms with E-state index < -0.39 is 6.10 Å². The van der Waals surface area contributed by atoms with E-state index in [4.69, 9.17) is 16.7 Å². The fourth-order valence-electron chi connectivity index (χ4n) is 1.86. The lowest BCUT2D eigenvalue weighted by molar-refractivity contribution is 0.199. The third kappa shape index (κ3) is 4.48. The van der Waals surface area contributed by atoms with Crippen LogP contribution < -0.4 is 4.90 Å². The minimum absolute atomic E-state index is 0.263. The molecule has 1 aromatic rings. The molecule has 3 nitrogen and oxygen atoms in total. The van der Waals surface area contributed by atoms with Crippen LogP contribution in [0, 0.1) is 0 Å². The Kier molecular flexibility index (Phi) is 6.47. The van der Waals surface area contributed by atoms with E-state index in [1.165, 1.54) is 0 Å². The second kappa shape index (κ2) is 7.62. The molecule has 102 valence electrons. The van der Waals surface area contributed by atoms with Crippen LogP contribution >= 0.6 is 11.6 Å². The van der Waals surface area contributed by atoms with Crippen molar-refractivity contribution < 1.29 is 10.2 Å². The first-order valence-electron chi connectivity index (χ1n) is 6.35. The summed E-state index contributed by atoms with van der Waals surface area (Å²) in [7, 11) is 2.02. The molecule has 0 spiro atoms. The smallest absolute Gasteiger partial charge is 0.0776 e. The van der Waals surface area contributed by atoms with Gasteiger partial charge in [-0.1, -0.05) is 17.7 Å². The number of anilines is 1. The lowest BCUT2D eigenvalue weighted by Crippen LogP contribution is -2.18. The molecule has 0 saturated carbocycles. The minimum Gasteiger partial charge on any atom is -0.396 e. The minimum atomic E-state index is -0.540. The molecule has 18 heavy (non-hydrogen) atoms. The Hall–Kier alpha value is -0.770. The van der Waals surface area contributed by atoms with Crippen LogP contribution in [-0.4, -0.2) is 30.4 Å². The number of aliphatic hydroxyl groups excluding tert-OH is 2. The molecule has 1 atom stereocenters. The Labute approximate surface area is 114 Å². The zero-order chi connectivity index (χ0) is 13.5. The van der Waals surface area contributed by atoms with Gasteiger partial charge in [-0.15, -0.1) is 0 Å². The Morgan fingerprint density at radius 2 is 2.00 bits per heavy atom. The largest absolute Gasteiger partial charge is 0.396 e. The van der Waals surface area contributed by atoms with Crippen LogP contribution in [0.4, 0.5) is 5.69 Å². The zero-order valence-corrected chi connectivity index (χ0v) is 11.8. The monoisotopic (exact) mass is 271 g/mol. The SMILES string of the molecule is CC(O)c1ccc(N(C)CCCCCO)cc1Cl. The Bertz CT molecular complexity index is 369. The second-order valence-corrected chi connectivity index (χ2v) is 4.99. The van der Waals surface area contributed by atoms with Crippen LogP contribution in [0.2, 0.25) is 5.02 Å². The second-order valence-electron chi connectivity index (χ2n) is 4.59. The first kappa shape index (κ1) is 15.3. The Morgan fingerprint density at radius 1 is 1.28 bits per heavy atom. The van der Waals surface area contributed by atoms with E-state index >= 15 is 0 Å². The predicted molar refractivity (Wildman–Crippen MR) is 76.3 cm³/mol. The molecule has 0 aliphatic heterocycles. The maximum absolute atomic E-state index is 9.51. The summed E-state index contributed by atoms with van der Waals surface area (Å²) in [5.41, 5.74) is 1.81. The Morgan fingerprint density at radius 3 is 2.56 bits per heavy atom. The van der Waals surface area contributed by atoms with Crippen molar-refractivity contribution in [2.45, 2.75) is 32.3 Å². The van der Waals surface area contributed by atoms with Crippen molar-refractivity contribution in [2.75, 3.05) is 25.1 Å². The van der Waals surface area contributed by atoms with Gasteiger partial charge in [-0.3, -0.25) is 0 Å². The number of halogens is 1. The average molecular weight is 272 g/mol. The zero-order valence-electron chi connectivity index (χ0n) is 11.1. The van der Waals surface area contributed by atoms with Gasteiger partial charge in [-0.2, -0.15) is 0 Å². The van der Waals surface area contributed by atoms with E-state index in [0.29, 0.717) is 5.02 Å². The van der Waals surface area contributed by atoms with Crippen molar-refractivity contribution >= 4 is 17.3 Å². The summed E-state index contributed by atoms with van der Waals surface area (Å²) in [6, 6.07) is 5.72. The highest BCUT2D eigenvalue weighted by molar-refractivity contribution is 6.31. The van der Waals surface area contributed by atoms with Gasteiger partial charge in [-0.05, 0) is 43.9 Å². The van der Waals surface area contributed by atoms with Crippen molar-refractivity contribution in [1.82, 2.24) is 0 Å². The molecule has 1 unspecified atom stereocenters. The van der Waals surface area contributed by atoms with Gasteiger partial charge in [0.1, 0.15) is 0 Å². The van der Waals surface area contributed by atoms with E-state index in [1.807, 2.05) is 25.2 Å². The molecule has 2 N–H and O–H groups in total. The highest BCUT2D eigenvalue weighted by atomic mass is 35.5. The van der Waals surface area contributed by atoms with E-state index in [1.54, 1.807) is 6.92 Å². The van der Waals surface area contributed by atoms with E-state index in [0.717, 1.165) is 37.1 Å². The quantitative estimate of drug-likeness (QED) is 0.750. The molecule has 0 aliphatic carbocycles. The van der Waals surface area contributed by atoms with Crippen molar-refractivity contribution in [3.8, 4) is 0 Å². The molecule has 1 aromatic carbocycles. The third-order valence-electron chi connectivity index (χ3n) is 3.03. The number of nitrogens with zero attached hydrogens (tertiary/aromatic N) is 1. The summed E-state index contributed by atoms with van der Waals surface area (Å²) < 4.78 is 0. The molecular weight excluding hydrogens is 250 g/mol. The van der Waals surface area contributed by atoms with E-state index in [-0.39, 0.29) is 6.61 Å². The van der Waals surface area contributed by atoms with Crippen LogP contribution in [0.1, 0.15) is 37.9 Å². The summed E-state index contributed by atoms with van der Waals surface area (Å²) in [6.45, 7) is 2.91. The van der Waals surface area contributed by atoms with Gasteiger partial charge in [0, 0.05) is 30.9 Å². The van der Waals surface area contributed by atoms with Crippen molar-refractivity contribution in [1.29, 1.82) is 0 Å². The molecule has 0 fully saturated rings. The lowest BCUT2D eigenvalue weighted by Gasteiger charge is -2.20. The summed E-state index contributed by atoms with van der Waals surface area (Å²) in [5, 5.41) is 18.8. The molecule has 0 amide bonds. The molecular formula is C14H22ClNO2. The average Bonchev–Trinajstić information content (AvgIpc) is 2.33. The molecule has 4 heteroatoms. The molecule has 0 saturated heterocycles. The van der Waals surface area contributed by atoms with Gasteiger partial charge in [0.15, 0.2) is 0 Å². The summed E-state index contributed by atoms with van der Waals surface area (Å²) >= 11 is 6.13. The first-order chi connectivity index (χ1) is 8.56. The summed E-state index contributed by atoms with van der Waals surface area (Å²) in [5.74, 6) is 0. The highest BCUT2D eigenvalue weighted by Gasteiger charge is 2.08. The van der Waals surface area contributed by atoms with Gasteiger partial charge in [0.25, 0.3) is 0 Å². The molecule has 0 aromatic heterocycles. The van der Waals surface area contributed by atoms with Gasteiger partial charge >= 0.3 is 0 Å². The summed E-state index contributed by atoms with van der Waals surface area (Å²) in [4.78, 5) is 2.13. The number of unbranched alkanes of at least 4 members (excludes halogenated alkanes) is 2. The standard InChI is InChI=1S/C14H22ClNO2/c1-11(18)13-7-6-12(10-14(13)15)16(2)8-4-3-5-9-17/h6-7,10-11,17-18H,3-5,8-9H2,1-2H3. The molecule has 0 aliphatic rings. The van der Waals surface area contributed by atoms with Crippen molar-refractivity contribution in [3.63, 3.8) is 0 Å². The van der Waals surface area contributed by atoms with E-state index in [9.17, 15) is 5.11 Å². The normalized spacial score (nSPS) is 12.5. The maximum Gasteiger partial charge on any atom is 0.0776 e. The van der Waals surface area contributed by atoms with Crippen LogP contribution in [-0.2, 0) is 0 Å².